The summed E-state index contributed by atoms with van der Waals surface area (Å²) in [6.07, 6.45) is 2.68. The van der Waals surface area contributed by atoms with Crippen LogP contribution in [0.1, 0.15) is 9.67 Å². The molecule has 2 aromatic heterocycles. The predicted octanol–water partition coefficient (Wildman–Crippen LogP) is 3.06. The Morgan fingerprint density at radius 1 is 1.50 bits per heavy atom. The van der Waals surface area contributed by atoms with E-state index in [-0.39, 0.29) is 24.3 Å². The second kappa shape index (κ2) is 5.68. The van der Waals surface area contributed by atoms with Gasteiger partial charge in [-0.3, -0.25) is 9.71 Å². The highest BCUT2D eigenvalue weighted by Crippen LogP contribution is 2.33. The Morgan fingerprint density at radius 2 is 2.20 bits per heavy atom. The van der Waals surface area contributed by atoms with Crippen LogP contribution in [0, 0.1) is 0 Å². The Kier molecular flexibility index (Phi) is 4.33. The lowest BCUT2D eigenvalue weighted by atomic mass is 10.4. The minimum atomic E-state index is -3.95. The summed E-state index contributed by atoms with van der Waals surface area (Å²) >= 11 is 9.70. The molecule has 106 valence electrons. The molecular weight excluding hydrogens is 392 g/mol. The molecular formula is C10H6BrClN2O4S2. The normalized spacial score (nSPS) is 11.3. The van der Waals surface area contributed by atoms with E-state index in [1.54, 1.807) is 0 Å². The van der Waals surface area contributed by atoms with Gasteiger partial charge in [-0.05, 0) is 28.1 Å². The lowest BCUT2D eigenvalue weighted by molar-refractivity contribution is 0.0702. The van der Waals surface area contributed by atoms with E-state index in [1.165, 1.54) is 18.5 Å². The third-order valence-corrected chi connectivity index (χ3v) is 6.10. The molecule has 2 N–H and O–H groups in total. The number of carbonyl (C=O) groups is 1. The van der Waals surface area contributed by atoms with Gasteiger partial charge < -0.3 is 5.11 Å². The van der Waals surface area contributed by atoms with Crippen molar-refractivity contribution >= 4 is 60.5 Å². The van der Waals surface area contributed by atoms with Gasteiger partial charge in [0.1, 0.15) is 9.77 Å². The summed E-state index contributed by atoms with van der Waals surface area (Å²) in [6, 6.07) is 2.51. The number of thiophene rings is 1. The van der Waals surface area contributed by atoms with Crippen molar-refractivity contribution in [1.82, 2.24) is 4.98 Å². The van der Waals surface area contributed by atoms with Crippen LogP contribution in [0.15, 0.2) is 33.2 Å². The molecule has 0 aromatic carbocycles. The number of hydrogen-bond donors (Lipinski definition) is 2. The molecule has 2 heterocycles. The molecule has 0 saturated heterocycles. The zero-order valence-electron chi connectivity index (χ0n) is 9.50. The van der Waals surface area contributed by atoms with E-state index in [9.17, 15) is 13.2 Å². The van der Waals surface area contributed by atoms with Gasteiger partial charge in [0, 0.05) is 6.20 Å². The fraction of sp³-hybridized carbons (Fsp3) is 0. The highest BCUT2D eigenvalue weighted by atomic mass is 79.9. The van der Waals surface area contributed by atoms with Crippen molar-refractivity contribution in [3.63, 3.8) is 0 Å². The molecule has 0 aliphatic heterocycles. The molecule has 0 fully saturated rings. The standard InChI is InChI=1S/C10H6BrClN2O4S2/c11-9-8(3-7(19-9)10(15)16)20(17,18)14-6-4-13-2-1-5(6)12/h1-4,14H,(H,15,16). The number of anilines is 1. The second-order valence-corrected chi connectivity index (χ2v) is 7.94. The van der Waals surface area contributed by atoms with Crippen LogP contribution in [-0.4, -0.2) is 24.5 Å². The maximum atomic E-state index is 12.2. The van der Waals surface area contributed by atoms with Crippen LogP contribution < -0.4 is 4.72 Å². The lowest BCUT2D eigenvalue weighted by Crippen LogP contribution is -2.13. The third kappa shape index (κ3) is 3.11. The first-order valence-corrected chi connectivity index (χ1v) is 8.43. The summed E-state index contributed by atoms with van der Waals surface area (Å²) in [5.74, 6) is -1.20. The summed E-state index contributed by atoms with van der Waals surface area (Å²) in [6.45, 7) is 0. The van der Waals surface area contributed by atoms with Gasteiger partial charge in [0.05, 0.1) is 20.7 Å². The second-order valence-electron chi connectivity index (χ2n) is 3.51. The topological polar surface area (TPSA) is 96.4 Å². The third-order valence-electron chi connectivity index (χ3n) is 2.17. The van der Waals surface area contributed by atoms with Gasteiger partial charge in [0.2, 0.25) is 0 Å². The van der Waals surface area contributed by atoms with Gasteiger partial charge in [-0.1, -0.05) is 11.6 Å². The highest BCUT2D eigenvalue weighted by molar-refractivity contribution is 9.11. The number of aromatic carboxylic acids is 1. The van der Waals surface area contributed by atoms with Gasteiger partial charge in [-0.25, -0.2) is 13.2 Å². The van der Waals surface area contributed by atoms with Crippen LogP contribution in [0.5, 0.6) is 0 Å². The van der Waals surface area contributed by atoms with E-state index in [1.807, 2.05) is 0 Å². The van der Waals surface area contributed by atoms with Crippen LogP contribution in [0.25, 0.3) is 0 Å². The fourth-order valence-corrected chi connectivity index (χ4v) is 4.97. The summed E-state index contributed by atoms with van der Waals surface area (Å²) in [5, 5.41) is 9.05. The van der Waals surface area contributed by atoms with Crippen molar-refractivity contribution in [1.29, 1.82) is 0 Å². The molecule has 0 spiro atoms. The molecule has 0 amide bonds. The number of carboxylic acids is 1. The van der Waals surface area contributed by atoms with E-state index in [4.69, 9.17) is 16.7 Å². The van der Waals surface area contributed by atoms with Crippen molar-refractivity contribution in [2.24, 2.45) is 0 Å². The monoisotopic (exact) mass is 396 g/mol. The van der Waals surface area contributed by atoms with Gasteiger partial charge in [0.15, 0.2) is 0 Å². The zero-order valence-corrected chi connectivity index (χ0v) is 13.5. The van der Waals surface area contributed by atoms with E-state index < -0.39 is 16.0 Å². The summed E-state index contributed by atoms with van der Waals surface area (Å²) in [7, 11) is -3.95. The molecule has 20 heavy (non-hydrogen) atoms. The van der Waals surface area contributed by atoms with E-state index in [2.05, 4.69) is 25.6 Å². The van der Waals surface area contributed by atoms with Gasteiger partial charge in [-0.2, -0.15) is 0 Å². The van der Waals surface area contributed by atoms with Gasteiger partial charge in [0.25, 0.3) is 10.0 Å². The quantitative estimate of drug-likeness (QED) is 0.826. The Balaban J connectivity index is 2.41. The molecule has 0 unspecified atom stereocenters. The summed E-state index contributed by atoms with van der Waals surface area (Å²) in [4.78, 5) is 14.4. The number of halogens is 2. The first-order valence-electron chi connectivity index (χ1n) is 4.96. The smallest absolute Gasteiger partial charge is 0.345 e. The number of rotatable bonds is 4. The largest absolute Gasteiger partial charge is 0.477 e. The Hall–Kier alpha value is -1.16. The fourth-order valence-electron chi connectivity index (χ4n) is 1.29. The van der Waals surface area contributed by atoms with Crippen molar-refractivity contribution in [3.05, 3.63) is 38.2 Å². The number of aromatic nitrogens is 1. The maximum Gasteiger partial charge on any atom is 0.345 e. The summed E-state index contributed by atoms with van der Waals surface area (Å²) in [5.41, 5.74) is 0.115. The van der Waals surface area contributed by atoms with Crippen molar-refractivity contribution in [2.45, 2.75) is 4.90 Å². The molecule has 6 nitrogen and oxygen atoms in total. The maximum absolute atomic E-state index is 12.2. The van der Waals surface area contributed by atoms with E-state index >= 15 is 0 Å². The predicted molar refractivity (Wildman–Crippen MR) is 79.0 cm³/mol. The molecule has 0 bridgehead atoms. The average Bonchev–Trinajstić information content (AvgIpc) is 2.75. The van der Waals surface area contributed by atoms with Crippen LogP contribution in [0.2, 0.25) is 5.02 Å². The minimum Gasteiger partial charge on any atom is -0.477 e. The molecule has 0 aliphatic carbocycles. The first kappa shape index (κ1) is 15.2. The number of nitrogens with one attached hydrogen (secondary N) is 1. The van der Waals surface area contributed by atoms with Crippen LogP contribution >= 0.6 is 38.9 Å². The van der Waals surface area contributed by atoms with Crippen LogP contribution in [0.4, 0.5) is 5.69 Å². The Morgan fingerprint density at radius 3 is 2.75 bits per heavy atom. The molecule has 0 saturated carbocycles. The Labute approximate surface area is 131 Å². The minimum absolute atomic E-state index is 0.0884. The first-order chi connectivity index (χ1) is 9.31. The average molecular weight is 398 g/mol. The molecule has 2 rings (SSSR count). The van der Waals surface area contributed by atoms with Crippen molar-refractivity contribution in [3.8, 4) is 0 Å². The van der Waals surface area contributed by atoms with Crippen molar-refractivity contribution < 1.29 is 18.3 Å². The zero-order chi connectivity index (χ0) is 14.9. The Bertz CT molecular complexity index is 775. The highest BCUT2D eigenvalue weighted by Gasteiger charge is 2.24. The number of carboxylic acid groups (broad SMARTS) is 1. The molecule has 0 atom stereocenters. The number of pyridine rings is 1. The number of nitrogens with zero attached hydrogens (tertiary/aromatic N) is 1. The van der Waals surface area contributed by atoms with Gasteiger partial charge >= 0.3 is 5.97 Å². The molecule has 0 radical (unpaired) electrons. The van der Waals surface area contributed by atoms with Crippen molar-refractivity contribution in [2.75, 3.05) is 4.72 Å². The van der Waals surface area contributed by atoms with E-state index in [0.29, 0.717) is 0 Å². The number of hydrogen-bond acceptors (Lipinski definition) is 5. The summed E-state index contributed by atoms with van der Waals surface area (Å²) < 4.78 is 26.8. The lowest BCUT2D eigenvalue weighted by Gasteiger charge is -2.07. The van der Waals surface area contributed by atoms with E-state index in [0.717, 1.165) is 17.4 Å². The molecule has 0 aliphatic rings. The number of sulfonamides is 1. The molecule has 2 aromatic rings. The van der Waals surface area contributed by atoms with Gasteiger partial charge in [-0.15, -0.1) is 11.3 Å². The SMILES string of the molecule is O=C(O)c1cc(S(=O)(=O)Nc2cnccc2Cl)c(Br)s1. The molecule has 10 heteroatoms. The van der Waals surface area contributed by atoms with Crippen LogP contribution in [0.3, 0.4) is 0 Å². The van der Waals surface area contributed by atoms with Crippen LogP contribution in [-0.2, 0) is 10.0 Å².